The summed E-state index contributed by atoms with van der Waals surface area (Å²) in [5.74, 6) is 0.980. The number of rotatable bonds is 2. The zero-order chi connectivity index (χ0) is 20.1. The summed E-state index contributed by atoms with van der Waals surface area (Å²) in [4.78, 5) is 29.7. The Morgan fingerprint density at radius 3 is 2.36 bits per heavy atom. The average molecular weight is 403 g/mol. The van der Waals surface area contributed by atoms with E-state index in [9.17, 15) is 9.90 Å². The second-order valence-corrected chi connectivity index (χ2v) is 10.6. The summed E-state index contributed by atoms with van der Waals surface area (Å²) in [6.45, 7) is 9.43. The van der Waals surface area contributed by atoms with Crippen LogP contribution in [0, 0.1) is 12.3 Å². The topological polar surface area (TPSA) is 79.2 Å². The highest BCUT2D eigenvalue weighted by Crippen LogP contribution is 2.44. The third-order valence-electron chi connectivity index (χ3n) is 6.41. The fourth-order valence-corrected chi connectivity index (χ4v) is 5.41. The monoisotopic (exact) mass is 402 g/mol. The summed E-state index contributed by atoms with van der Waals surface area (Å²) in [5, 5.41) is 11.3. The number of fused-ring (bicyclic) bond motifs is 1. The van der Waals surface area contributed by atoms with Crippen LogP contribution >= 0.6 is 11.3 Å². The van der Waals surface area contributed by atoms with Crippen molar-refractivity contribution in [2.75, 3.05) is 13.1 Å². The number of thiazole rings is 1. The van der Waals surface area contributed by atoms with Crippen LogP contribution in [0.3, 0.4) is 0 Å². The van der Waals surface area contributed by atoms with Gasteiger partial charge in [0.1, 0.15) is 16.2 Å². The molecule has 0 spiro atoms. The second kappa shape index (κ2) is 7.02. The van der Waals surface area contributed by atoms with Gasteiger partial charge in [-0.2, -0.15) is 0 Å². The minimum absolute atomic E-state index is 0.0902. The number of carbonyl (C=O) groups excluding carboxylic acids is 1. The molecule has 28 heavy (non-hydrogen) atoms. The first kappa shape index (κ1) is 19.7. The van der Waals surface area contributed by atoms with E-state index < -0.39 is 5.60 Å². The Balaban J connectivity index is 1.62. The minimum Gasteiger partial charge on any atom is -0.390 e. The minimum atomic E-state index is -0.684. The lowest BCUT2D eigenvalue weighted by atomic mass is 9.73. The summed E-state index contributed by atoms with van der Waals surface area (Å²) >= 11 is 1.62. The lowest BCUT2D eigenvalue weighted by Gasteiger charge is -2.35. The number of aromatic nitrogens is 3. The van der Waals surface area contributed by atoms with Crippen LogP contribution < -0.4 is 0 Å². The molecule has 1 N–H and O–H groups in total. The van der Waals surface area contributed by atoms with Crippen molar-refractivity contribution >= 4 is 27.6 Å². The van der Waals surface area contributed by atoms with Crippen molar-refractivity contribution in [3.63, 3.8) is 0 Å². The van der Waals surface area contributed by atoms with Gasteiger partial charge in [0.25, 0.3) is 5.91 Å². The SMILES string of the molecule is Cc1nc(C(=O)N2CCC(C)(O)CC2)c2nc(C3CCC(C)(C)CC3)sc2n1. The normalized spacial score (nSPS) is 22.5. The molecular formula is C21H30N4O2S. The molecule has 0 atom stereocenters. The molecule has 1 amide bonds. The van der Waals surface area contributed by atoms with Gasteiger partial charge in [-0.25, -0.2) is 15.0 Å². The molecule has 152 valence electrons. The number of nitrogens with zero attached hydrogens (tertiary/aromatic N) is 4. The van der Waals surface area contributed by atoms with Gasteiger partial charge in [-0.1, -0.05) is 25.2 Å². The third-order valence-corrected chi connectivity index (χ3v) is 7.52. The molecule has 2 fully saturated rings. The van der Waals surface area contributed by atoms with Gasteiger partial charge in [0.05, 0.1) is 10.6 Å². The zero-order valence-corrected chi connectivity index (χ0v) is 18.1. The van der Waals surface area contributed by atoms with E-state index in [0.717, 1.165) is 22.7 Å². The van der Waals surface area contributed by atoms with Crippen LogP contribution in [0.1, 0.15) is 86.5 Å². The van der Waals surface area contributed by atoms with E-state index >= 15 is 0 Å². The number of likely N-dealkylation sites (tertiary alicyclic amines) is 1. The van der Waals surface area contributed by atoms with E-state index in [-0.39, 0.29) is 5.91 Å². The maximum Gasteiger partial charge on any atom is 0.274 e. The molecule has 0 bridgehead atoms. The molecule has 4 rings (SSSR count). The standard InChI is InChI=1S/C21H30N4O2S/c1-13-22-16(19(26)25-11-9-21(4,27)10-12-25)15-18(23-13)28-17(24-15)14-5-7-20(2,3)8-6-14/h14,27H,5-12H2,1-4H3. The first-order valence-electron chi connectivity index (χ1n) is 10.3. The van der Waals surface area contributed by atoms with Crippen LogP contribution in [0.4, 0.5) is 0 Å². The first-order valence-corrected chi connectivity index (χ1v) is 11.1. The molecular weight excluding hydrogens is 372 g/mol. The fraction of sp³-hybridized carbons (Fsp3) is 0.714. The molecule has 0 unspecified atom stereocenters. The van der Waals surface area contributed by atoms with E-state index in [2.05, 4.69) is 23.8 Å². The Hall–Kier alpha value is -1.60. The number of carbonyl (C=O) groups is 1. The Bertz CT molecular complexity index is 885. The summed E-state index contributed by atoms with van der Waals surface area (Å²) in [5.41, 5.74) is 0.802. The van der Waals surface area contributed by atoms with E-state index in [0.29, 0.717) is 54.3 Å². The van der Waals surface area contributed by atoms with Gasteiger partial charge in [0.15, 0.2) is 5.69 Å². The molecule has 1 saturated carbocycles. The highest BCUT2D eigenvalue weighted by atomic mass is 32.1. The maximum absolute atomic E-state index is 13.2. The Kier molecular flexibility index (Phi) is 4.94. The predicted octanol–water partition coefficient (Wildman–Crippen LogP) is 4.07. The van der Waals surface area contributed by atoms with Gasteiger partial charge < -0.3 is 10.0 Å². The molecule has 2 aromatic rings. The highest BCUT2D eigenvalue weighted by molar-refractivity contribution is 7.18. The van der Waals surface area contributed by atoms with Crippen molar-refractivity contribution in [3.8, 4) is 0 Å². The largest absolute Gasteiger partial charge is 0.390 e. The van der Waals surface area contributed by atoms with Gasteiger partial charge >= 0.3 is 0 Å². The molecule has 1 aliphatic heterocycles. The van der Waals surface area contributed by atoms with Gasteiger partial charge in [-0.3, -0.25) is 4.79 Å². The van der Waals surface area contributed by atoms with Crippen molar-refractivity contribution in [1.29, 1.82) is 0 Å². The first-order chi connectivity index (χ1) is 13.1. The lowest BCUT2D eigenvalue weighted by Crippen LogP contribution is -2.45. The zero-order valence-electron chi connectivity index (χ0n) is 17.3. The Labute approximate surface area is 170 Å². The molecule has 3 heterocycles. The molecule has 1 saturated heterocycles. The molecule has 1 aliphatic carbocycles. The average Bonchev–Trinajstić information content (AvgIpc) is 3.04. The van der Waals surface area contributed by atoms with Crippen LogP contribution in [0.25, 0.3) is 10.3 Å². The predicted molar refractivity (Wildman–Crippen MR) is 111 cm³/mol. The summed E-state index contributed by atoms with van der Waals surface area (Å²) < 4.78 is 0. The van der Waals surface area contributed by atoms with E-state index in [1.165, 1.54) is 12.8 Å². The number of aryl methyl sites for hydroxylation is 1. The molecule has 0 aromatic carbocycles. The number of aliphatic hydroxyl groups is 1. The third kappa shape index (κ3) is 3.92. The summed E-state index contributed by atoms with van der Waals surface area (Å²) in [6, 6.07) is 0. The summed E-state index contributed by atoms with van der Waals surface area (Å²) in [6.07, 6.45) is 5.88. The molecule has 2 aliphatic rings. The summed E-state index contributed by atoms with van der Waals surface area (Å²) in [7, 11) is 0. The van der Waals surface area contributed by atoms with E-state index in [4.69, 9.17) is 4.98 Å². The molecule has 0 radical (unpaired) electrons. The van der Waals surface area contributed by atoms with Gasteiger partial charge in [0, 0.05) is 19.0 Å². The van der Waals surface area contributed by atoms with Crippen LogP contribution in [0.5, 0.6) is 0 Å². The van der Waals surface area contributed by atoms with Crippen LogP contribution in [0.15, 0.2) is 0 Å². The highest BCUT2D eigenvalue weighted by Gasteiger charge is 2.33. The van der Waals surface area contributed by atoms with Gasteiger partial charge in [-0.05, 0) is 57.8 Å². The Morgan fingerprint density at radius 2 is 1.71 bits per heavy atom. The lowest BCUT2D eigenvalue weighted by molar-refractivity contribution is -0.00214. The van der Waals surface area contributed by atoms with Crippen LogP contribution in [-0.2, 0) is 0 Å². The molecule has 6 nitrogen and oxygen atoms in total. The quantitative estimate of drug-likeness (QED) is 0.819. The number of hydrogen-bond acceptors (Lipinski definition) is 6. The Morgan fingerprint density at radius 1 is 1.07 bits per heavy atom. The molecule has 7 heteroatoms. The van der Waals surface area contributed by atoms with Crippen LogP contribution in [-0.4, -0.2) is 49.6 Å². The second-order valence-electron chi connectivity index (χ2n) is 9.55. The van der Waals surface area contributed by atoms with Crippen molar-refractivity contribution < 1.29 is 9.90 Å². The van der Waals surface area contributed by atoms with E-state index in [1.54, 1.807) is 16.2 Å². The van der Waals surface area contributed by atoms with Gasteiger partial charge in [-0.15, -0.1) is 0 Å². The number of amides is 1. The van der Waals surface area contributed by atoms with Crippen molar-refractivity contribution in [2.24, 2.45) is 5.41 Å². The van der Waals surface area contributed by atoms with Crippen molar-refractivity contribution in [3.05, 3.63) is 16.5 Å². The van der Waals surface area contributed by atoms with Crippen molar-refractivity contribution in [2.45, 2.75) is 77.7 Å². The smallest absolute Gasteiger partial charge is 0.274 e. The fourth-order valence-electron chi connectivity index (χ4n) is 4.26. The van der Waals surface area contributed by atoms with E-state index in [1.807, 2.05) is 13.8 Å². The number of hydrogen-bond donors (Lipinski definition) is 1. The van der Waals surface area contributed by atoms with Crippen molar-refractivity contribution in [1.82, 2.24) is 19.9 Å². The maximum atomic E-state index is 13.2. The van der Waals surface area contributed by atoms with Crippen LogP contribution in [0.2, 0.25) is 0 Å². The number of piperidine rings is 1. The van der Waals surface area contributed by atoms with Gasteiger partial charge in [0.2, 0.25) is 0 Å². The molecule has 2 aromatic heterocycles.